The highest BCUT2D eigenvalue weighted by molar-refractivity contribution is 7.26. The lowest BCUT2D eigenvalue weighted by Gasteiger charge is -2.15. The van der Waals surface area contributed by atoms with Crippen molar-refractivity contribution < 1.29 is 0 Å². The standard InChI is InChI=1S/C45H31N3S/c1-3-13-29(14-4-1)42-37-25-24-36-35-20-10-12-22-41(35)49-44(36)43(37)47-45(46-42)32-16-8-7-15-30(27-32)31-23-26-40-38(28-31)34-19-9-11-21-39(34)48(40)33-17-5-2-6-18-33/h1-7,9-15,17-28,32H,8,16H2. The van der Waals surface area contributed by atoms with Crippen molar-refractivity contribution >= 4 is 69.8 Å². The summed E-state index contributed by atoms with van der Waals surface area (Å²) in [5.41, 5.74) is 9.19. The first-order chi connectivity index (χ1) is 24.3. The van der Waals surface area contributed by atoms with Crippen molar-refractivity contribution in [1.82, 2.24) is 14.5 Å². The third kappa shape index (κ3) is 4.63. The molecule has 1 atom stereocenters. The Morgan fingerprint density at radius 1 is 0.592 bits per heavy atom. The summed E-state index contributed by atoms with van der Waals surface area (Å²) < 4.78 is 4.89. The summed E-state index contributed by atoms with van der Waals surface area (Å²) in [4.78, 5) is 10.8. The molecule has 10 rings (SSSR count). The van der Waals surface area contributed by atoms with Crippen molar-refractivity contribution in [2.24, 2.45) is 0 Å². The van der Waals surface area contributed by atoms with Crippen molar-refractivity contribution in [1.29, 1.82) is 0 Å². The van der Waals surface area contributed by atoms with Crippen molar-refractivity contribution in [3.05, 3.63) is 169 Å². The molecule has 4 heteroatoms. The number of para-hydroxylation sites is 2. The summed E-state index contributed by atoms with van der Waals surface area (Å²) >= 11 is 1.83. The number of thiophene rings is 1. The van der Waals surface area contributed by atoms with E-state index in [0.29, 0.717) is 0 Å². The highest BCUT2D eigenvalue weighted by Crippen LogP contribution is 2.41. The maximum Gasteiger partial charge on any atom is 0.136 e. The first kappa shape index (κ1) is 28.2. The number of hydrogen-bond donors (Lipinski definition) is 0. The number of fused-ring (bicyclic) bond motifs is 8. The smallest absolute Gasteiger partial charge is 0.136 e. The van der Waals surface area contributed by atoms with E-state index < -0.39 is 0 Å². The van der Waals surface area contributed by atoms with Gasteiger partial charge in [0.05, 0.1) is 26.9 Å². The van der Waals surface area contributed by atoms with Crippen molar-refractivity contribution in [2.75, 3.05) is 0 Å². The monoisotopic (exact) mass is 645 g/mol. The number of aromatic nitrogens is 3. The first-order valence-corrected chi connectivity index (χ1v) is 17.8. The number of rotatable bonds is 4. The van der Waals surface area contributed by atoms with E-state index in [4.69, 9.17) is 9.97 Å². The number of benzene rings is 6. The van der Waals surface area contributed by atoms with Gasteiger partial charge >= 0.3 is 0 Å². The van der Waals surface area contributed by atoms with Crippen molar-refractivity contribution in [2.45, 2.75) is 18.8 Å². The van der Waals surface area contributed by atoms with Crippen LogP contribution in [0.5, 0.6) is 0 Å². The van der Waals surface area contributed by atoms with E-state index in [-0.39, 0.29) is 5.92 Å². The lowest BCUT2D eigenvalue weighted by Crippen LogP contribution is -2.05. The predicted molar refractivity (Wildman–Crippen MR) is 208 cm³/mol. The van der Waals surface area contributed by atoms with Gasteiger partial charge in [-0.05, 0) is 66.4 Å². The largest absolute Gasteiger partial charge is 0.309 e. The maximum atomic E-state index is 5.43. The Labute approximate surface area is 288 Å². The van der Waals surface area contributed by atoms with E-state index >= 15 is 0 Å². The van der Waals surface area contributed by atoms with Crippen LogP contribution in [0, 0.1) is 0 Å². The molecule has 9 aromatic rings. The number of allylic oxidation sites excluding steroid dienone is 4. The van der Waals surface area contributed by atoms with Gasteiger partial charge in [0.1, 0.15) is 5.82 Å². The first-order valence-electron chi connectivity index (χ1n) is 16.9. The predicted octanol–water partition coefficient (Wildman–Crippen LogP) is 12.3. The Morgan fingerprint density at radius 3 is 2.20 bits per heavy atom. The van der Waals surface area contributed by atoms with Gasteiger partial charge in [-0.15, -0.1) is 11.3 Å². The second kappa shape index (κ2) is 11.4. The summed E-state index contributed by atoms with van der Waals surface area (Å²) in [5.74, 6) is 0.960. The summed E-state index contributed by atoms with van der Waals surface area (Å²) in [6.07, 6.45) is 8.93. The Morgan fingerprint density at radius 2 is 1.33 bits per heavy atom. The van der Waals surface area contributed by atoms with Gasteiger partial charge in [-0.3, -0.25) is 0 Å². The van der Waals surface area contributed by atoms with Crippen LogP contribution in [0.15, 0.2) is 158 Å². The molecule has 1 aliphatic carbocycles. The zero-order chi connectivity index (χ0) is 32.3. The minimum absolute atomic E-state index is 0.0721. The highest BCUT2D eigenvalue weighted by atomic mass is 32.1. The van der Waals surface area contributed by atoms with Crippen molar-refractivity contribution in [3.8, 4) is 16.9 Å². The van der Waals surface area contributed by atoms with Crippen LogP contribution >= 0.6 is 11.3 Å². The van der Waals surface area contributed by atoms with Crippen LogP contribution in [-0.4, -0.2) is 14.5 Å². The van der Waals surface area contributed by atoms with Gasteiger partial charge < -0.3 is 4.57 Å². The fourth-order valence-corrected chi connectivity index (χ4v) is 8.81. The summed E-state index contributed by atoms with van der Waals surface area (Å²) in [5, 5.41) is 6.17. The average molecular weight is 646 g/mol. The molecule has 0 spiro atoms. The molecule has 0 saturated carbocycles. The molecule has 0 fully saturated rings. The van der Waals surface area contributed by atoms with Gasteiger partial charge in [0.25, 0.3) is 0 Å². The molecule has 6 aromatic carbocycles. The minimum Gasteiger partial charge on any atom is -0.309 e. The van der Waals surface area contributed by atoms with Gasteiger partial charge in [0, 0.05) is 48.8 Å². The fraction of sp³-hybridized carbons (Fsp3) is 0.0667. The highest BCUT2D eigenvalue weighted by Gasteiger charge is 2.21. The van der Waals surface area contributed by atoms with Crippen LogP contribution in [0.4, 0.5) is 0 Å². The quantitative estimate of drug-likeness (QED) is 0.191. The lowest BCUT2D eigenvalue weighted by molar-refractivity contribution is 0.711. The third-order valence-electron chi connectivity index (χ3n) is 9.95. The van der Waals surface area contributed by atoms with E-state index in [1.165, 1.54) is 58.8 Å². The molecule has 3 aromatic heterocycles. The van der Waals surface area contributed by atoms with Gasteiger partial charge in [0.15, 0.2) is 0 Å². The van der Waals surface area contributed by atoms with Crippen LogP contribution in [-0.2, 0) is 0 Å². The maximum absolute atomic E-state index is 5.43. The molecule has 1 unspecified atom stereocenters. The Balaban J connectivity index is 1.15. The number of nitrogens with zero attached hydrogens (tertiary/aromatic N) is 3. The van der Waals surface area contributed by atoms with Crippen LogP contribution in [0.25, 0.3) is 75.4 Å². The molecule has 0 radical (unpaired) electrons. The molecule has 0 aliphatic heterocycles. The number of hydrogen-bond acceptors (Lipinski definition) is 3. The van der Waals surface area contributed by atoms with E-state index in [9.17, 15) is 0 Å². The molecular formula is C45H31N3S. The molecule has 0 amide bonds. The molecule has 232 valence electrons. The zero-order valence-electron chi connectivity index (χ0n) is 26.8. The second-order valence-electron chi connectivity index (χ2n) is 12.9. The Bertz CT molecular complexity index is 2770. The van der Waals surface area contributed by atoms with Gasteiger partial charge in [0.2, 0.25) is 0 Å². The minimum atomic E-state index is 0.0721. The molecule has 0 N–H and O–H groups in total. The molecule has 0 bridgehead atoms. The molecule has 3 heterocycles. The van der Waals surface area contributed by atoms with Crippen LogP contribution in [0.1, 0.15) is 30.1 Å². The molecular weight excluding hydrogens is 615 g/mol. The van der Waals surface area contributed by atoms with Crippen LogP contribution in [0.3, 0.4) is 0 Å². The Hall–Kier alpha value is -5.84. The topological polar surface area (TPSA) is 30.7 Å². The normalized spacial score (nSPS) is 15.0. The molecule has 0 saturated heterocycles. The summed E-state index contributed by atoms with van der Waals surface area (Å²) in [7, 11) is 0. The SMILES string of the molecule is C1=CC(c2ccc3c(c2)c2ccccc2n3-c2ccccc2)=CC(c2nc(-c3ccccc3)c3ccc4c5ccccc5sc4c3n2)CC1. The van der Waals surface area contributed by atoms with E-state index in [1.807, 2.05) is 11.3 Å². The second-order valence-corrected chi connectivity index (χ2v) is 13.9. The van der Waals surface area contributed by atoms with Crippen LogP contribution < -0.4 is 0 Å². The lowest BCUT2D eigenvalue weighted by atomic mass is 9.96. The summed E-state index contributed by atoms with van der Waals surface area (Å²) in [6, 6.07) is 50.1. The Kier molecular flexibility index (Phi) is 6.56. The van der Waals surface area contributed by atoms with Crippen LogP contribution in [0.2, 0.25) is 0 Å². The van der Waals surface area contributed by atoms with E-state index in [0.717, 1.165) is 40.8 Å². The average Bonchev–Trinajstić information content (AvgIpc) is 3.60. The molecule has 3 nitrogen and oxygen atoms in total. The van der Waals surface area contributed by atoms with Crippen molar-refractivity contribution in [3.63, 3.8) is 0 Å². The van der Waals surface area contributed by atoms with E-state index in [2.05, 4.69) is 162 Å². The van der Waals surface area contributed by atoms with E-state index in [1.54, 1.807) is 0 Å². The summed E-state index contributed by atoms with van der Waals surface area (Å²) in [6.45, 7) is 0. The third-order valence-corrected chi connectivity index (χ3v) is 11.1. The molecule has 1 aliphatic rings. The van der Waals surface area contributed by atoms with Gasteiger partial charge in [-0.25, -0.2) is 9.97 Å². The molecule has 49 heavy (non-hydrogen) atoms. The van der Waals surface area contributed by atoms with Gasteiger partial charge in [-0.1, -0.05) is 115 Å². The zero-order valence-corrected chi connectivity index (χ0v) is 27.6. The fourth-order valence-electron chi connectivity index (χ4n) is 7.62. The van der Waals surface area contributed by atoms with Gasteiger partial charge in [-0.2, -0.15) is 0 Å².